The predicted octanol–water partition coefficient (Wildman–Crippen LogP) is 3.49. The van der Waals surface area contributed by atoms with Crippen LogP contribution in [0.5, 0.6) is 0 Å². The standard InChI is InChI=1S/C16H19NO2/c1-2-13-7-5-9-17(13)11-14(18)16-10-12-6-3-4-8-15(12)19-16/h3-4,6,8,10,13H,2,5,7,9,11H2,1H3. The Hall–Kier alpha value is -1.61. The molecule has 100 valence electrons. The van der Waals surface area contributed by atoms with E-state index < -0.39 is 0 Å². The van der Waals surface area contributed by atoms with Gasteiger partial charge < -0.3 is 4.42 Å². The van der Waals surface area contributed by atoms with Crippen molar-refractivity contribution in [2.75, 3.05) is 13.1 Å². The molecule has 3 nitrogen and oxygen atoms in total. The molecule has 1 aromatic heterocycles. The molecular weight excluding hydrogens is 238 g/mol. The van der Waals surface area contributed by atoms with Gasteiger partial charge in [0.25, 0.3) is 0 Å². The summed E-state index contributed by atoms with van der Waals surface area (Å²) in [7, 11) is 0. The average Bonchev–Trinajstić information content (AvgIpc) is 3.03. The van der Waals surface area contributed by atoms with Crippen LogP contribution in [0.25, 0.3) is 11.0 Å². The highest BCUT2D eigenvalue weighted by molar-refractivity contribution is 5.98. The Morgan fingerprint density at radius 3 is 3.05 bits per heavy atom. The molecule has 1 atom stereocenters. The summed E-state index contributed by atoms with van der Waals surface area (Å²) >= 11 is 0. The lowest BCUT2D eigenvalue weighted by Crippen LogP contribution is -2.33. The van der Waals surface area contributed by atoms with Gasteiger partial charge in [-0.1, -0.05) is 25.1 Å². The van der Waals surface area contributed by atoms with Gasteiger partial charge in [-0.25, -0.2) is 0 Å². The van der Waals surface area contributed by atoms with E-state index in [1.54, 1.807) is 0 Å². The van der Waals surface area contributed by atoms with E-state index in [9.17, 15) is 4.79 Å². The Balaban J connectivity index is 1.76. The quantitative estimate of drug-likeness (QED) is 0.786. The van der Waals surface area contributed by atoms with Crippen LogP contribution >= 0.6 is 0 Å². The SMILES string of the molecule is CCC1CCCN1CC(=O)c1cc2ccccc2o1. The summed E-state index contributed by atoms with van der Waals surface area (Å²) in [5.41, 5.74) is 0.791. The number of likely N-dealkylation sites (tertiary alicyclic amines) is 1. The van der Waals surface area contributed by atoms with Crippen molar-refractivity contribution < 1.29 is 9.21 Å². The van der Waals surface area contributed by atoms with Crippen molar-refractivity contribution >= 4 is 16.8 Å². The molecule has 0 bridgehead atoms. The van der Waals surface area contributed by atoms with Gasteiger partial charge >= 0.3 is 0 Å². The number of ketones is 1. The molecule has 0 radical (unpaired) electrons. The molecule has 1 aliphatic heterocycles. The lowest BCUT2D eigenvalue weighted by atomic mass is 10.1. The molecule has 19 heavy (non-hydrogen) atoms. The molecule has 0 aliphatic carbocycles. The normalized spacial score (nSPS) is 20.2. The second-order valence-electron chi connectivity index (χ2n) is 5.25. The Labute approximate surface area is 113 Å². The van der Waals surface area contributed by atoms with Crippen LogP contribution in [-0.4, -0.2) is 29.8 Å². The molecule has 3 heteroatoms. The van der Waals surface area contributed by atoms with Gasteiger partial charge in [-0.2, -0.15) is 0 Å². The first kappa shape index (κ1) is 12.4. The summed E-state index contributed by atoms with van der Waals surface area (Å²) < 4.78 is 5.63. The molecule has 0 spiro atoms. The van der Waals surface area contributed by atoms with E-state index in [-0.39, 0.29) is 5.78 Å². The minimum Gasteiger partial charge on any atom is -0.453 e. The fraction of sp³-hybridized carbons (Fsp3) is 0.438. The lowest BCUT2D eigenvalue weighted by Gasteiger charge is -2.21. The molecule has 0 saturated carbocycles. The van der Waals surface area contributed by atoms with Crippen LogP contribution in [-0.2, 0) is 0 Å². The lowest BCUT2D eigenvalue weighted by molar-refractivity contribution is 0.0895. The molecule has 1 saturated heterocycles. The number of Topliss-reactive ketones (excluding diaryl/α,β-unsaturated/α-hetero) is 1. The second-order valence-corrected chi connectivity index (χ2v) is 5.25. The minimum absolute atomic E-state index is 0.0940. The van der Waals surface area contributed by atoms with Crippen molar-refractivity contribution in [3.05, 3.63) is 36.1 Å². The number of hydrogen-bond donors (Lipinski definition) is 0. The number of carbonyl (C=O) groups is 1. The monoisotopic (exact) mass is 257 g/mol. The first-order chi connectivity index (χ1) is 9.28. The molecule has 2 aromatic rings. The van der Waals surface area contributed by atoms with Gasteiger partial charge in [0, 0.05) is 11.4 Å². The summed E-state index contributed by atoms with van der Waals surface area (Å²) in [6.45, 7) is 3.71. The van der Waals surface area contributed by atoms with Crippen LogP contribution in [0.15, 0.2) is 34.7 Å². The third-order valence-electron chi connectivity index (χ3n) is 4.02. The number of nitrogens with zero attached hydrogens (tertiary/aromatic N) is 1. The van der Waals surface area contributed by atoms with Gasteiger partial charge in [0.1, 0.15) is 5.58 Å². The zero-order valence-corrected chi connectivity index (χ0v) is 11.3. The average molecular weight is 257 g/mol. The Morgan fingerprint density at radius 2 is 2.26 bits per heavy atom. The van der Waals surface area contributed by atoms with Crippen molar-refractivity contribution in [2.45, 2.75) is 32.2 Å². The highest BCUT2D eigenvalue weighted by atomic mass is 16.3. The molecule has 1 aromatic carbocycles. The first-order valence-electron chi connectivity index (χ1n) is 7.03. The smallest absolute Gasteiger partial charge is 0.211 e. The molecule has 1 fully saturated rings. The van der Waals surface area contributed by atoms with Gasteiger partial charge in [0.15, 0.2) is 5.76 Å². The Morgan fingerprint density at radius 1 is 1.42 bits per heavy atom. The van der Waals surface area contributed by atoms with Crippen LogP contribution in [0, 0.1) is 0 Å². The van der Waals surface area contributed by atoms with E-state index in [4.69, 9.17) is 4.42 Å². The summed E-state index contributed by atoms with van der Waals surface area (Å²) in [5, 5.41) is 0.999. The van der Waals surface area contributed by atoms with E-state index >= 15 is 0 Å². The molecule has 1 aliphatic rings. The third kappa shape index (κ3) is 2.43. The topological polar surface area (TPSA) is 33.5 Å². The number of furan rings is 1. The number of rotatable bonds is 4. The fourth-order valence-electron chi connectivity index (χ4n) is 2.95. The van der Waals surface area contributed by atoms with Crippen molar-refractivity contribution in [1.29, 1.82) is 0 Å². The van der Waals surface area contributed by atoms with E-state index in [1.807, 2.05) is 30.3 Å². The van der Waals surface area contributed by atoms with Gasteiger partial charge in [0.2, 0.25) is 5.78 Å². The molecule has 0 N–H and O–H groups in total. The summed E-state index contributed by atoms with van der Waals surface area (Å²) in [4.78, 5) is 14.6. The van der Waals surface area contributed by atoms with Gasteiger partial charge in [0.05, 0.1) is 6.54 Å². The van der Waals surface area contributed by atoms with Gasteiger partial charge in [-0.3, -0.25) is 9.69 Å². The zero-order chi connectivity index (χ0) is 13.2. The summed E-state index contributed by atoms with van der Waals surface area (Å²) in [6.07, 6.45) is 3.53. The molecule has 2 heterocycles. The fourth-order valence-corrected chi connectivity index (χ4v) is 2.95. The van der Waals surface area contributed by atoms with Crippen molar-refractivity contribution in [1.82, 2.24) is 4.90 Å². The second kappa shape index (κ2) is 5.17. The van der Waals surface area contributed by atoms with E-state index in [0.717, 1.165) is 23.9 Å². The van der Waals surface area contributed by atoms with E-state index in [1.165, 1.54) is 12.8 Å². The van der Waals surface area contributed by atoms with Crippen LogP contribution in [0.2, 0.25) is 0 Å². The van der Waals surface area contributed by atoms with Crippen LogP contribution in [0.4, 0.5) is 0 Å². The van der Waals surface area contributed by atoms with Crippen LogP contribution in [0.3, 0.4) is 0 Å². The van der Waals surface area contributed by atoms with Gasteiger partial charge in [-0.15, -0.1) is 0 Å². The largest absolute Gasteiger partial charge is 0.453 e. The number of benzene rings is 1. The maximum Gasteiger partial charge on any atom is 0.211 e. The molecular formula is C16H19NO2. The highest BCUT2D eigenvalue weighted by Crippen LogP contribution is 2.22. The summed E-state index contributed by atoms with van der Waals surface area (Å²) in [5.74, 6) is 0.583. The first-order valence-corrected chi connectivity index (χ1v) is 7.03. The number of carbonyl (C=O) groups excluding carboxylic acids is 1. The number of hydrogen-bond acceptors (Lipinski definition) is 3. The zero-order valence-electron chi connectivity index (χ0n) is 11.3. The van der Waals surface area contributed by atoms with Crippen molar-refractivity contribution in [3.63, 3.8) is 0 Å². The third-order valence-corrected chi connectivity index (χ3v) is 4.02. The molecule has 0 amide bonds. The minimum atomic E-state index is 0.0940. The van der Waals surface area contributed by atoms with Gasteiger partial charge in [-0.05, 0) is 37.9 Å². The molecule has 1 unspecified atom stereocenters. The number of para-hydroxylation sites is 1. The van der Waals surface area contributed by atoms with E-state index in [0.29, 0.717) is 18.3 Å². The van der Waals surface area contributed by atoms with Crippen LogP contribution in [0.1, 0.15) is 36.7 Å². The number of fused-ring (bicyclic) bond motifs is 1. The Kier molecular flexibility index (Phi) is 3.38. The maximum atomic E-state index is 12.3. The van der Waals surface area contributed by atoms with Crippen LogP contribution < -0.4 is 0 Å². The molecule has 3 rings (SSSR count). The Bertz CT molecular complexity index is 554. The van der Waals surface area contributed by atoms with Crippen molar-refractivity contribution in [3.8, 4) is 0 Å². The van der Waals surface area contributed by atoms with E-state index in [2.05, 4.69) is 11.8 Å². The highest BCUT2D eigenvalue weighted by Gasteiger charge is 2.26. The maximum absolute atomic E-state index is 12.3. The van der Waals surface area contributed by atoms with Crippen molar-refractivity contribution in [2.24, 2.45) is 0 Å². The predicted molar refractivity (Wildman–Crippen MR) is 75.4 cm³/mol. The summed E-state index contributed by atoms with van der Waals surface area (Å²) in [6, 6.07) is 10.2.